The summed E-state index contributed by atoms with van der Waals surface area (Å²) in [6.07, 6.45) is 0. The van der Waals surface area contributed by atoms with Crippen LogP contribution in [0.2, 0.25) is 10.0 Å². The van der Waals surface area contributed by atoms with E-state index in [1.54, 1.807) is 13.0 Å². The van der Waals surface area contributed by atoms with Crippen molar-refractivity contribution in [2.24, 2.45) is 0 Å². The molecule has 0 aliphatic carbocycles. The largest absolute Gasteiger partial charge is 0.423 e. The van der Waals surface area contributed by atoms with E-state index in [0.717, 1.165) is 0 Å². The van der Waals surface area contributed by atoms with E-state index in [1.807, 2.05) is 0 Å². The van der Waals surface area contributed by atoms with Gasteiger partial charge in [0.05, 0.1) is 15.6 Å². The molecule has 2 aromatic carbocycles. The average Bonchev–Trinajstić information content (AvgIpc) is 2.63. The first-order valence-corrected chi connectivity index (χ1v) is 8.68. The number of carbonyl (C=O) groups is 2. The molecule has 0 bridgehead atoms. The van der Waals surface area contributed by atoms with Gasteiger partial charge in [-0.2, -0.15) is 0 Å². The molecule has 1 aromatic heterocycles. The summed E-state index contributed by atoms with van der Waals surface area (Å²) in [5, 5.41) is 3.61. The molecule has 0 aliphatic rings. The molecule has 0 spiro atoms. The summed E-state index contributed by atoms with van der Waals surface area (Å²) >= 11 is 11.7. The molecule has 0 atom stereocenters. The molecule has 1 amide bonds. The number of benzene rings is 2. The van der Waals surface area contributed by atoms with Gasteiger partial charge in [-0.3, -0.25) is 4.79 Å². The fourth-order valence-corrected chi connectivity index (χ4v) is 2.66. The lowest BCUT2D eigenvalue weighted by atomic mass is 10.1. The predicted molar refractivity (Wildman–Crippen MR) is 102 cm³/mol. The molecule has 1 N–H and O–H groups in total. The number of hydrogen-bond acceptors (Lipinski definition) is 5. The summed E-state index contributed by atoms with van der Waals surface area (Å²) < 4.78 is 10.5. The van der Waals surface area contributed by atoms with Crippen LogP contribution in [0, 0.1) is 0 Å². The summed E-state index contributed by atoms with van der Waals surface area (Å²) in [6, 6.07) is 10.3. The van der Waals surface area contributed by atoms with Crippen LogP contribution in [-0.2, 0) is 0 Å². The maximum Gasteiger partial charge on any atom is 0.349 e. The van der Waals surface area contributed by atoms with Crippen LogP contribution in [0.25, 0.3) is 11.0 Å². The second kappa shape index (κ2) is 7.82. The van der Waals surface area contributed by atoms with Crippen molar-refractivity contribution in [2.45, 2.75) is 6.92 Å². The fourth-order valence-electron chi connectivity index (χ4n) is 2.36. The lowest BCUT2D eigenvalue weighted by Crippen LogP contribution is -2.27. The van der Waals surface area contributed by atoms with Crippen LogP contribution in [0.4, 0.5) is 0 Å². The number of amides is 1. The smallest absolute Gasteiger partial charge is 0.349 e. The van der Waals surface area contributed by atoms with Crippen molar-refractivity contribution in [1.29, 1.82) is 0 Å². The Morgan fingerprint density at radius 2 is 1.85 bits per heavy atom. The van der Waals surface area contributed by atoms with Crippen molar-refractivity contribution in [2.75, 3.05) is 6.54 Å². The minimum Gasteiger partial charge on any atom is -0.423 e. The Morgan fingerprint density at radius 3 is 2.56 bits per heavy atom. The van der Waals surface area contributed by atoms with Gasteiger partial charge in [-0.25, -0.2) is 9.59 Å². The highest BCUT2D eigenvalue weighted by Gasteiger charge is 2.15. The highest BCUT2D eigenvalue weighted by Crippen LogP contribution is 2.25. The van der Waals surface area contributed by atoms with Crippen molar-refractivity contribution in [3.05, 3.63) is 74.1 Å². The van der Waals surface area contributed by atoms with E-state index in [0.29, 0.717) is 17.0 Å². The number of nitrogens with one attached hydrogen (secondary N) is 1. The van der Waals surface area contributed by atoms with Gasteiger partial charge in [0, 0.05) is 18.0 Å². The number of esters is 1. The molecule has 138 valence electrons. The van der Waals surface area contributed by atoms with Crippen LogP contribution in [0.5, 0.6) is 5.75 Å². The molecule has 0 fully saturated rings. The zero-order chi connectivity index (χ0) is 19.6. The number of halogens is 2. The molecular weight excluding hydrogens is 393 g/mol. The third kappa shape index (κ3) is 4.13. The molecule has 3 aromatic rings. The van der Waals surface area contributed by atoms with Crippen LogP contribution in [0.15, 0.2) is 51.7 Å². The van der Waals surface area contributed by atoms with Gasteiger partial charge in [-0.1, -0.05) is 23.2 Å². The SMILES string of the molecule is CCNC(=O)c1cc2ccc(OC(=O)c3ccc(Cl)c(Cl)c3)cc2oc1=O. The Bertz CT molecular complexity index is 1110. The third-order valence-corrected chi connectivity index (χ3v) is 4.39. The molecule has 27 heavy (non-hydrogen) atoms. The van der Waals surface area contributed by atoms with Gasteiger partial charge >= 0.3 is 11.6 Å². The highest BCUT2D eigenvalue weighted by molar-refractivity contribution is 6.42. The Labute approximate surface area is 163 Å². The normalized spacial score (nSPS) is 10.6. The van der Waals surface area contributed by atoms with Crippen molar-refractivity contribution in [3.8, 4) is 5.75 Å². The molecule has 0 aliphatic heterocycles. The summed E-state index contributed by atoms with van der Waals surface area (Å²) in [7, 11) is 0. The maximum absolute atomic E-state index is 12.2. The summed E-state index contributed by atoms with van der Waals surface area (Å²) in [5.74, 6) is -0.982. The van der Waals surface area contributed by atoms with Gasteiger partial charge in [0.1, 0.15) is 16.9 Å². The molecular formula is C19H13Cl2NO5. The van der Waals surface area contributed by atoms with Gasteiger partial charge in [-0.15, -0.1) is 0 Å². The molecule has 8 heteroatoms. The Hall–Kier alpha value is -2.83. The standard InChI is InChI=1S/C19H13Cl2NO5/c1-2-22-17(23)13-7-10-3-5-12(9-16(10)27-19(13)25)26-18(24)11-4-6-14(20)15(21)8-11/h3-9H,2H2,1H3,(H,22,23). The Kier molecular flexibility index (Phi) is 5.48. The molecule has 0 saturated carbocycles. The highest BCUT2D eigenvalue weighted by atomic mass is 35.5. The van der Waals surface area contributed by atoms with Gasteiger partial charge < -0.3 is 14.5 Å². The summed E-state index contributed by atoms with van der Waals surface area (Å²) in [5.41, 5.74) is -0.462. The molecule has 1 heterocycles. The average molecular weight is 406 g/mol. The summed E-state index contributed by atoms with van der Waals surface area (Å²) in [4.78, 5) is 36.1. The number of carbonyl (C=O) groups excluding carboxylic acids is 2. The monoisotopic (exact) mass is 405 g/mol. The van der Waals surface area contributed by atoms with Crippen LogP contribution in [0.1, 0.15) is 27.6 Å². The molecule has 3 rings (SSSR count). The second-order valence-corrected chi connectivity index (χ2v) is 6.34. The lowest BCUT2D eigenvalue weighted by molar-refractivity contribution is 0.0734. The van der Waals surface area contributed by atoms with Crippen molar-refractivity contribution in [1.82, 2.24) is 5.32 Å². The van der Waals surface area contributed by atoms with Crippen LogP contribution in [-0.4, -0.2) is 18.4 Å². The van der Waals surface area contributed by atoms with E-state index in [2.05, 4.69) is 5.32 Å². The minimum absolute atomic E-state index is 0.0927. The Morgan fingerprint density at radius 1 is 1.07 bits per heavy atom. The van der Waals surface area contributed by atoms with Gasteiger partial charge in [0.15, 0.2) is 0 Å². The number of hydrogen-bond donors (Lipinski definition) is 1. The van der Waals surface area contributed by atoms with Crippen molar-refractivity contribution in [3.63, 3.8) is 0 Å². The minimum atomic E-state index is -0.776. The zero-order valence-corrected chi connectivity index (χ0v) is 15.6. The van der Waals surface area contributed by atoms with E-state index in [-0.39, 0.29) is 27.5 Å². The number of ether oxygens (including phenoxy) is 1. The first-order valence-electron chi connectivity index (χ1n) is 7.92. The van der Waals surface area contributed by atoms with Crippen molar-refractivity contribution >= 4 is 46.0 Å². The van der Waals surface area contributed by atoms with E-state index in [1.165, 1.54) is 36.4 Å². The molecule has 0 saturated heterocycles. The molecule has 0 radical (unpaired) electrons. The van der Waals surface area contributed by atoms with Crippen LogP contribution < -0.4 is 15.7 Å². The first kappa shape index (κ1) is 18.9. The van der Waals surface area contributed by atoms with E-state index in [9.17, 15) is 14.4 Å². The van der Waals surface area contributed by atoms with Gasteiger partial charge in [-0.05, 0) is 43.3 Å². The van der Waals surface area contributed by atoms with Crippen LogP contribution >= 0.6 is 23.2 Å². The van der Waals surface area contributed by atoms with E-state index < -0.39 is 17.5 Å². The fraction of sp³-hybridized carbons (Fsp3) is 0.105. The number of rotatable bonds is 4. The van der Waals surface area contributed by atoms with Gasteiger partial charge in [0.2, 0.25) is 0 Å². The van der Waals surface area contributed by atoms with Crippen LogP contribution in [0.3, 0.4) is 0 Å². The van der Waals surface area contributed by atoms with E-state index in [4.69, 9.17) is 32.4 Å². The van der Waals surface area contributed by atoms with E-state index >= 15 is 0 Å². The zero-order valence-electron chi connectivity index (χ0n) is 14.0. The molecule has 0 unspecified atom stereocenters. The predicted octanol–water partition coefficient (Wildman–Crippen LogP) is 4.07. The first-order chi connectivity index (χ1) is 12.9. The topological polar surface area (TPSA) is 85.6 Å². The maximum atomic E-state index is 12.2. The van der Waals surface area contributed by atoms with Crippen molar-refractivity contribution < 1.29 is 18.7 Å². The van der Waals surface area contributed by atoms with Gasteiger partial charge in [0.25, 0.3) is 5.91 Å². The lowest BCUT2D eigenvalue weighted by Gasteiger charge is -2.07. The third-order valence-electron chi connectivity index (χ3n) is 3.66. The second-order valence-electron chi connectivity index (χ2n) is 5.53. The molecule has 6 nitrogen and oxygen atoms in total. The number of fused-ring (bicyclic) bond motifs is 1. The quantitative estimate of drug-likeness (QED) is 0.401. The summed E-state index contributed by atoms with van der Waals surface area (Å²) in [6.45, 7) is 2.13. The Balaban J connectivity index is 1.89.